The normalized spacial score (nSPS) is 11.8. The molecule has 0 saturated heterocycles. The van der Waals surface area contributed by atoms with Gasteiger partial charge in [-0.2, -0.15) is 0 Å². The van der Waals surface area contributed by atoms with Crippen LogP contribution in [0.15, 0.2) is 18.3 Å². The van der Waals surface area contributed by atoms with Crippen molar-refractivity contribution in [2.75, 3.05) is 19.9 Å². The van der Waals surface area contributed by atoms with E-state index in [2.05, 4.69) is 19.6 Å². The Morgan fingerprint density at radius 3 is 2.71 bits per heavy atom. The van der Waals surface area contributed by atoms with Gasteiger partial charge >= 0.3 is 0 Å². The van der Waals surface area contributed by atoms with E-state index >= 15 is 0 Å². The minimum absolute atomic E-state index is 0.0961. The first-order chi connectivity index (χ1) is 8.03. The number of nitrogens with zero attached hydrogens (tertiary/aromatic N) is 1. The molecule has 0 radical (unpaired) electrons. The minimum Gasteiger partial charge on any atom is -0.476 e. The second-order valence-corrected chi connectivity index (χ2v) is 10.8. The highest BCUT2D eigenvalue weighted by molar-refractivity contribution is 6.76. The lowest BCUT2D eigenvalue weighted by Crippen LogP contribution is -2.22. The zero-order valence-corrected chi connectivity index (χ0v) is 11.9. The molecule has 1 rings (SSSR count). The fraction of sp³-hybridized carbons (Fsp3) is 0.667. The second-order valence-electron chi connectivity index (χ2n) is 5.20. The quantitative estimate of drug-likeness (QED) is 0.529. The Morgan fingerprint density at radius 1 is 1.29 bits per heavy atom. The first-order valence-electron chi connectivity index (χ1n) is 5.94. The summed E-state index contributed by atoms with van der Waals surface area (Å²) < 4.78 is 24.7. The molecular weight excluding hydrogens is 237 g/mol. The highest BCUT2D eigenvalue weighted by Crippen LogP contribution is 2.13. The molecule has 5 heteroatoms. The first kappa shape index (κ1) is 14.2. The summed E-state index contributed by atoms with van der Waals surface area (Å²) in [5.74, 6) is 0.663. The SMILES string of the molecule is C[Si](C)(C)CCOCn1cccc1OCCF. The zero-order chi connectivity index (χ0) is 12.7. The second kappa shape index (κ2) is 6.81. The summed E-state index contributed by atoms with van der Waals surface area (Å²) in [7, 11) is -1.03. The maximum absolute atomic E-state index is 12.0. The van der Waals surface area contributed by atoms with E-state index in [1.54, 1.807) is 0 Å². The molecule has 0 unspecified atom stereocenters. The van der Waals surface area contributed by atoms with Gasteiger partial charge in [0.05, 0.1) is 0 Å². The Bertz CT molecular complexity index is 323. The number of hydrogen-bond acceptors (Lipinski definition) is 2. The van der Waals surface area contributed by atoms with E-state index in [4.69, 9.17) is 9.47 Å². The van der Waals surface area contributed by atoms with Crippen molar-refractivity contribution < 1.29 is 13.9 Å². The molecule has 0 amide bonds. The lowest BCUT2D eigenvalue weighted by Gasteiger charge is -2.16. The molecule has 1 aromatic heterocycles. The van der Waals surface area contributed by atoms with E-state index in [0.29, 0.717) is 12.6 Å². The Balaban J connectivity index is 2.29. The predicted octanol–water partition coefficient (Wildman–Crippen LogP) is 3.15. The van der Waals surface area contributed by atoms with Gasteiger partial charge in [-0.05, 0) is 18.2 Å². The average Bonchev–Trinajstić information content (AvgIpc) is 2.67. The summed E-state index contributed by atoms with van der Waals surface area (Å²) >= 11 is 0. The van der Waals surface area contributed by atoms with Crippen LogP contribution in [-0.4, -0.2) is 32.5 Å². The van der Waals surface area contributed by atoms with Gasteiger partial charge in [0.15, 0.2) is 5.88 Å². The molecule has 17 heavy (non-hydrogen) atoms. The summed E-state index contributed by atoms with van der Waals surface area (Å²) in [6.45, 7) is 7.83. The number of hydrogen-bond donors (Lipinski definition) is 0. The molecule has 0 aliphatic heterocycles. The van der Waals surface area contributed by atoms with Crippen molar-refractivity contribution >= 4 is 8.07 Å². The van der Waals surface area contributed by atoms with Crippen LogP contribution in [0.5, 0.6) is 5.88 Å². The van der Waals surface area contributed by atoms with Crippen molar-refractivity contribution in [3.8, 4) is 5.88 Å². The molecular formula is C12H22FNO2Si. The van der Waals surface area contributed by atoms with E-state index in [9.17, 15) is 4.39 Å². The first-order valence-corrected chi connectivity index (χ1v) is 9.65. The van der Waals surface area contributed by atoms with E-state index in [0.717, 1.165) is 12.7 Å². The van der Waals surface area contributed by atoms with Crippen LogP contribution in [0.3, 0.4) is 0 Å². The number of ether oxygens (including phenoxy) is 2. The fourth-order valence-electron chi connectivity index (χ4n) is 1.32. The summed E-state index contributed by atoms with van der Waals surface area (Å²) in [4.78, 5) is 0. The van der Waals surface area contributed by atoms with Crippen molar-refractivity contribution in [2.45, 2.75) is 32.4 Å². The number of rotatable bonds is 8. The van der Waals surface area contributed by atoms with Crippen LogP contribution < -0.4 is 4.74 Å². The Morgan fingerprint density at radius 2 is 2.06 bits per heavy atom. The summed E-state index contributed by atoms with van der Waals surface area (Å²) in [5.41, 5.74) is 0. The third-order valence-electron chi connectivity index (χ3n) is 2.34. The lowest BCUT2D eigenvalue weighted by molar-refractivity contribution is 0.0793. The van der Waals surface area contributed by atoms with Gasteiger partial charge < -0.3 is 9.47 Å². The van der Waals surface area contributed by atoms with Crippen LogP contribution in [-0.2, 0) is 11.5 Å². The fourth-order valence-corrected chi connectivity index (χ4v) is 2.08. The van der Waals surface area contributed by atoms with Crippen molar-refractivity contribution in [1.82, 2.24) is 4.57 Å². The van der Waals surface area contributed by atoms with Crippen molar-refractivity contribution in [3.05, 3.63) is 18.3 Å². The van der Waals surface area contributed by atoms with E-state index in [1.165, 1.54) is 0 Å². The molecule has 0 aliphatic rings. The summed E-state index contributed by atoms with van der Waals surface area (Å²) in [6, 6.07) is 4.84. The van der Waals surface area contributed by atoms with Crippen molar-refractivity contribution in [3.63, 3.8) is 0 Å². The van der Waals surface area contributed by atoms with Gasteiger partial charge in [-0.3, -0.25) is 4.57 Å². The smallest absolute Gasteiger partial charge is 0.195 e. The molecule has 1 heterocycles. The third-order valence-corrected chi connectivity index (χ3v) is 4.05. The predicted molar refractivity (Wildman–Crippen MR) is 70.0 cm³/mol. The molecule has 0 aromatic carbocycles. The van der Waals surface area contributed by atoms with Gasteiger partial charge in [0, 0.05) is 20.9 Å². The molecule has 0 spiro atoms. The van der Waals surface area contributed by atoms with E-state index in [1.807, 2.05) is 22.9 Å². The van der Waals surface area contributed by atoms with Gasteiger partial charge in [0.25, 0.3) is 0 Å². The third kappa shape index (κ3) is 5.88. The van der Waals surface area contributed by atoms with Crippen LogP contribution in [0.4, 0.5) is 4.39 Å². The molecule has 0 aliphatic carbocycles. The molecule has 0 saturated carbocycles. The van der Waals surface area contributed by atoms with Crippen LogP contribution in [0.1, 0.15) is 0 Å². The Labute approximate surface area is 104 Å². The maximum Gasteiger partial charge on any atom is 0.195 e. The van der Waals surface area contributed by atoms with Gasteiger partial charge in [-0.15, -0.1) is 0 Å². The zero-order valence-electron chi connectivity index (χ0n) is 10.9. The molecule has 1 aromatic rings. The van der Waals surface area contributed by atoms with Crippen LogP contribution in [0.25, 0.3) is 0 Å². The standard InChI is InChI=1S/C12H22FNO2Si/c1-17(2,3)10-9-15-11-14-7-4-5-12(14)16-8-6-13/h4-5,7H,6,8-11H2,1-3H3. The minimum atomic E-state index is -1.03. The van der Waals surface area contributed by atoms with Crippen LogP contribution >= 0.6 is 0 Å². The van der Waals surface area contributed by atoms with Gasteiger partial charge in [-0.1, -0.05) is 19.6 Å². The Kier molecular flexibility index (Phi) is 5.71. The van der Waals surface area contributed by atoms with Crippen molar-refractivity contribution in [2.24, 2.45) is 0 Å². The maximum atomic E-state index is 12.0. The molecule has 0 bridgehead atoms. The molecule has 3 nitrogen and oxygen atoms in total. The van der Waals surface area contributed by atoms with Gasteiger partial charge in [0.1, 0.15) is 20.0 Å². The monoisotopic (exact) mass is 259 g/mol. The molecule has 98 valence electrons. The largest absolute Gasteiger partial charge is 0.476 e. The highest BCUT2D eigenvalue weighted by Gasteiger charge is 2.12. The van der Waals surface area contributed by atoms with Gasteiger partial charge in [0.2, 0.25) is 0 Å². The Hall–Kier alpha value is -0.813. The lowest BCUT2D eigenvalue weighted by atomic mass is 10.6. The molecule has 0 fully saturated rings. The highest BCUT2D eigenvalue weighted by atomic mass is 28.3. The molecule has 0 N–H and O–H groups in total. The topological polar surface area (TPSA) is 23.4 Å². The average molecular weight is 259 g/mol. The number of aromatic nitrogens is 1. The van der Waals surface area contributed by atoms with Crippen LogP contribution in [0, 0.1) is 0 Å². The summed E-state index contributed by atoms with van der Waals surface area (Å²) in [6.07, 6.45) is 1.88. The van der Waals surface area contributed by atoms with Crippen LogP contribution in [0.2, 0.25) is 25.7 Å². The van der Waals surface area contributed by atoms with Crippen molar-refractivity contribution in [1.29, 1.82) is 0 Å². The molecule has 0 atom stereocenters. The van der Waals surface area contributed by atoms with Gasteiger partial charge in [-0.25, -0.2) is 4.39 Å². The van der Waals surface area contributed by atoms with E-state index < -0.39 is 14.7 Å². The summed E-state index contributed by atoms with van der Waals surface area (Å²) in [5, 5.41) is 0. The number of alkyl halides is 1. The van der Waals surface area contributed by atoms with E-state index in [-0.39, 0.29) is 6.61 Å². The number of halogens is 1.